The fourth-order valence-corrected chi connectivity index (χ4v) is 1.46. The quantitative estimate of drug-likeness (QED) is 0.543. The van der Waals surface area contributed by atoms with Crippen molar-refractivity contribution in [3.8, 4) is 0 Å². The van der Waals surface area contributed by atoms with Crippen LogP contribution >= 0.6 is 0 Å². The molecule has 2 aromatic rings. The Morgan fingerprint density at radius 3 is 2.19 bits per heavy atom. The van der Waals surface area contributed by atoms with E-state index in [1.807, 2.05) is 42.5 Å². The van der Waals surface area contributed by atoms with Crippen molar-refractivity contribution >= 4 is 11.4 Å². The minimum Gasteiger partial charge on any atom is -0.399 e. The summed E-state index contributed by atoms with van der Waals surface area (Å²) in [6, 6.07) is 16.7. The van der Waals surface area contributed by atoms with Crippen molar-refractivity contribution in [1.29, 1.82) is 0 Å². The van der Waals surface area contributed by atoms with E-state index in [0.29, 0.717) is 5.69 Å². The van der Waals surface area contributed by atoms with E-state index >= 15 is 0 Å². The van der Waals surface area contributed by atoms with Crippen molar-refractivity contribution in [1.82, 2.24) is 0 Å². The molecule has 3 heteroatoms. The number of aliphatic hydroxyl groups excluding tert-OH is 1. The van der Waals surface area contributed by atoms with Crippen LogP contribution in [0.4, 0.5) is 11.4 Å². The SMILES string of the molecule is Nc1ccc(NC(O)c2ccccc2)cc1. The van der Waals surface area contributed by atoms with Gasteiger partial charge in [-0.2, -0.15) is 0 Å². The third kappa shape index (κ3) is 2.52. The molecule has 1 atom stereocenters. The molecule has 0 aliphatic rings. The van der Waals surface area contributed by atoms with Crippen LogP contribution in [0.5, 0.6) is 0 Å². The van der Waals surface area contributed by atoms with Crippen molar-refractivity contribution in [2.45, 2.75) is 6.23 Å². The van der Waals surface area contributed by atoms with Gasteiger partial charge in [0.1, 0.15) is 0 Å². The summed E-state index contributed by atoms with van der Waals surface area (Å²) >= 11 is 0. The van der Waals surface area contributed by atoms with Crippen LogP contribution in [0.15, 0.2) is 54.6 Å². The van der Waals surface area contributed by atoms with Gasteiger partial charge in [0.2, 0.25) is 0 Å². The first kappa shape index (κ1) is 10.5. The number of nitrogens with two attached hydrogens (primary N) is 1. The first-order valence-corrected chi connectivity index (χ1v) is 5.11. The van der Waals surface area contributed by atoms with Crippen LogP contribution in [0, 0.1) is 0 Å². The van der Waals surface area contributed by atoms with Crippen LogP contribution in [-0.2, 0) is 0 Å². The molecule has 0 saturated carbocycles. The number of benzene rings is 2. The first-order chi connectivity index (χ1) is 7.75. The Morgan fingerprint density at radius 2 is 1.56 bits per heavy atom. The zero-order valence-corrected chi connectivity index (χ0v) is 8.80. The number of anilines is 2. The number of hydrogen-bond donors (Lipinski definition) is 3. The fraction of sp³-hybridized carbons (Fsp3) is 0.0769. The molecular weight excluding hydrogens is 200 g/mol. The summed E-state index contributed by atoms with van der Waals surface area (Å²) in [6.45, 7) is 0. The molecular formula is C13H14N2O. The maximum atomic E-state index is 9.90. The second-order valence-electron chi connectivity index (χ2n) is 3.58. The standard InChI is InChI=1S/C13H14N2O/c14-11-6-8-12(9-7-11)15-13(16)10-4-2-1-3-5-10/h1-9,13,15-16H,14H2. The summed E-state index contributed by atoms with van der Waals surface area (Å²) in [5.41, 5.74) is 7.96. The summed E-state index contributed by atoms with van der Waals surface area (Å²) in [5.74, 6) is 0. The lowest BCUT2D eigenvalue weighted by atomic mass is 10.2. The average molecular weight is 214 g/mol. The summed E-state index contributed by atoms with van der Waals surface area (Å²) < 4.78 is 0. The molecule has 16 heavy (non-hydrogen) atoms. The molecule has 0 heterocycles. The predicted molar refractivity (Wildman–Crippen MR) is 65.9 cm³/mol. The van der Waals surface area contributed by atoms with E-state index in [4.69, 9.17) is 5.73 Å². The topological polar surface area (TPSA) is 58.3 Å². The highest BCUT2D eigenvalue weighted by Crippen LogP contribution is 2.17. The van der Waals surface area contributed by atoms with Crippen LogP contribution in [0.1, 0.15) is 11.8 Å². The van der Waals surface area contributed by atoms with Crippen LogP contribution in [0.2, 0.25) is 0 Å². The third-order valence-electron chi connectivity index (χ3n) is 2.33. The number of hydrogen-bond acceptors (Lipinski definition) is 3. The summed E-state index contributed by atoms with van der Waals surface area (Å²) in [5, 5.41) is 12.9. The van der Waals surface area contributed by atoms with Gasteiger partial charge in [0.25, 0.3) is 0 Å². The van der Waals surface area contributed by atoms with Gasteiger partial charge in [-0.25, -0.2) is 0 Å². The minimum absolute atomic E-state index is 0.704. The zero-order valence-electron chi connectivity index (χ0n) is 8.80. The Morgan fingerprint density at radius 1 is 0.938 bits per heavy atom. The van der Waals surface area contributed by atoms with Gasteiger partial charge >= 0.3 is 0 Å². The smallest absolute Gasteiger partial charge is 0.150 e. The highest BCUT2D eigenvalue weighted by Gasteiger charge is 2.05. The molecule has 4 N–H and O–H groups in total. The lowest BCUT2D eigenvalue weighted by molar-refractivity contribution is 0.208. The molecule has 0 saturated heterocycles. The lowest BCUT2D eigenvalue weighted by Gasteiger charge is -2.14. The summed E-state index contributed by atoms with van der Waals surface area (Å²) in [7, 11) is 0. The summed E-state index contributed by atoms with van der Waals surface area (Å²) in [6.07, 6.45) is -0.704. The Bertz CT molecular complexity index is 439. The molecule has 1 unspecified atom stereocenters. The molecule has 3 nitrogen and oxygen atoms in total. The van der Waals surface area contributed by atoms with Gasteiger partial charge < -0.3 is 16.2 Å². The maximum absolute atomic E-state index is 9.90. The lowest BCUT2D eigenvalue weighted by Crippen LogP contribution is -2.09. The minimum atomic E-state index is -0.704. The molecule has 2 rings (SSSR count). The number of nitrogens with one attached hydrogen (secondary N) is 1. The molecule has 0 bridgehead atoms. The molecule has 0 amide bonds. The van der Waals surface area contributed by atoms with Crippen molar-refractivity contribution < 1.29 is 5.11 Å². The van der Waals surface area contributed by atoms with Gasteiger partial charge in [0, 0.05) is 16.9 Å². The second kappa shape index (κ2) is 4.68. The average Bonchev–Trinajstić information content (AvgIpc) is 2.33. The normalized spacial score (nSPS) is 12.1. The fourth-order valence-electron chi connectivity index (χ4n) is 1.46. The van der Waals surface area contributed by atoms with Gasteiger partial charge in [-0.05, 0) is 24.3 Å². The second-order valence-corrected chi connectivity index (χ2v) is 3.58. The van der Waals surface area contributed by atoms with Crippen LogP contribution in [-0.4, -0.2) is 5.11 Å². The van der Waals surface area contributed by atoms with E-state index in [-0.39, 0.29) is 0 Å². The predicted octanol–water partition coefficient (Wildman–Crippen LogP) is 2.37. The van der Waals surface area contributed by atoms with Gasteiger partial charge in [0.15, 0.2) is 6.23 Å². The molecule has 0 aromatic heterocycles. The Balaban J connectivity index is 2.08. The third-order valence-corrected chi connectivity index (χ3v) is 2.33. The molecule has 0 fully saturated rings. The molecule has 0 spiro atoms. The largest absolute Gasteiger partial charge is 0.399 e. The maximum Gasteiger partial charge on any atom is 0.150 e. The Hall–Kier alpha value is -2.00. The van der Waals surface area contributed by atoms with E-state index in [1.54, 1.807) is 12.1 Å². The van der Waals surface area contributed by atoms with Gasteiger partial charge in [0.05, 0.1) is 0 Å². The molecule has 0 aliphatic heterocycles. The summed E-state index contributed by atoms with van der Waals surface area (Å²) in [4.78, 5) is 0. The van der Waals surface area contributed by atoms with E-state index in [9.17, 15) is 5.11 Å². The molecule has 2 aromatic carbocycles. The van der Waals surface area contributed by atoms with Crippen LogP contribution in [0.25, 0.3) is 0 Å². The highest BCUT2D eigenvalue weighted by atomic mass is 16.3. The first-order valence-electron chi connectivity index (χ1n) is 5.11. The molecule has 82 valence electrons. The van der Waals surface area contributed by atoms with Gasteiger partial charge in [-0.1, -0.05) is 30.3 Å². The van der Waals surface area contributed by atoms with Crippen molar-refractivity contribution in [3.05, 3.63) is 60.2 Å². The van der Waals surface area contributed by atoms with E-state index < -0.39 is 6.23 Å². The zero-order chi connectivity index (χ0) is 11.4. The van der Waals surface area contributed by atoms with Gasteiger partial charge in [-0.3, -0.25) is 0 Å². The van der Waals surface area contributed by atoms with E-state index in [1.165, 1.54) is 0 Å². The molecule has 0 aliphatic carbocycles. The van der Waals surface area contributed by atoms with E-state index in [0.717, 1.165) is 11.3 Å². The Labute approximate surface area is 94.5 Å². The van der Waals surface area contributed by atoms with Crippen molar-refractivity contribution in [2.24, 2.45) is 0 Å². The molecule has 0 radical (unpaired) electrons. The van der Waals surface area contributed by atoms with Crippen LogP contribution < -0.4 is 11.1 Å². The monoisotopic (exact) mass is 214 g/mol. The number of rotatable bonds is 3. The van der Waals surface area contributed by atoms with Gasteiger partial charge in [-0.15, -0.1) is 0 Å². The number of aliphatic hydroxyl groups is 1. The van der Waals surface area contributed by atoms with Crippen molar-refractivity contribution in [3.63, 3.8) is 0 Å². The highest BCUT2D eigenvalue weighted by molar-refractivity contribution is 5.51. The van der Waals surface area contributed by atoms with Crippen molar-refractivity contribution in [2.75, 3.05) is 11.1 Å². The van der Waals surface area contributed by atoms with E-state index in [2.05, 4.69) is 5.32 Å². The Kier molecular flexibility index (Phi) is 3.08. The number of nitrogen functional groups attached to an aromatic ring is 1. The van der Waals surface area contributed by atoms with Crippen LogP contribution in [0.3, 0.4) is 0 Å².